The van der Waals surface area contributed by atoms with E-state index in [1.807, 2.05) is 37.2 Å². The molecule has 0 aliphatic carbocycles. The van der Waals surface area contributed by atoms with Gasteiger partial charge in [-0.25, -0.2) is 0 Å². The van der Waals surface area contributed by atoms with Gasteiger partial charge in [0, 0.05) is 37.2 Å². The van der Waals surface area contributed by atoms with Gasteiger partial charge in [-0.15, -0.1) is 0 Å². The van der Waals surface area contributed by atoms with Crippen molar-refractivity contribution in [3.05, 3.63) is 189 Å². The molecule has 0 bridgehead atoms. The highest BCUT2D eigenvalue weighted by Gasteiger charge is 2.13. The SMILES string of the molecule is c1ccc(-c2cc(-c3ccncc3)cc(-c3cc(-c4ccccc4)cc(-c4cc(-c5ccncc5)cc(-c5ccncc5)c4)c3)c2)cc1. The van der Waals surface area contributed by atoms with Gasteiger partial charge in [-0.1, -0.05) is 60.7 Å². The van der Waals surface area contributed by atoms with E-state index in [1.54, 1.807) is 0 Å². The highest BCUT2D eigenvalue weighted by Crippen LogP contribution is 2.39. The van der Waals surface area contributed by atoms with E-state index in [-0.39, 0.29) is 0 Å². The van der Waals surface area contributed by atoms with E-state index in [2.05, 4.69) is 167 Å². The van der Waals surface area contributed by atoms with Crippen molar-refractivity contribution < 1.29 is 0 Å². The van der Waals surface area contributed by atoms with Gasteiger partial charge in [-0.3, -0.25) is 15.0 Å². The fourth-order valence-corrected chi connectivity index (χ4v) is 6.28. The lowest BCUT2D eigenvalue weighted by atomic mass is 9.88. The molecule has 0 saturated carbocycles. The molecule has 3 nitrogen and oxygen atoms in total. The average Bonchev–Trinajstić information content (AvgIpc) is 3.19. The molecule has 0 aliphatic rings. The minimum absolute atomic E-state index is 1.12. The van der Waals surface area contributed by atoms with Gasteiger partial charge in [0.15, 0.2) is 0 Å². The molecule has 0 saturated heterocycles. The summed E-state index contributed by atoms with van der Waals surface area (Å²) in [5.74, 6) is 0. The molecule has 5 aromatic carbocycles. The van der Waals surface area contributed by atoms with Crippen LogP contribution in [0.15, 0.2) is 189 Å². The summed E-state index contributed by atoms with van der Waals surface area (Å²) in [4.78, 5) is 12.8. The van der Waals surface area contributed by atoms with E-state index in [9.17, 15) is 0 Å². The van der Waals surface area contributed by atoms with Crippen LogP contribution < -0.4 is 0 Å². The molecule has 0 atom stereocenters. The Kier molecular flexibility index (Phi) is 7.92. The second-order valence-corrected chi connectivity index (χ2v) is 11.8. The Balaban J connectivity index is 1.36. The van der Waals surface area contributed by atoms with Gasteiger partial charge in [0.2, 0.25) is 0 Å². The van der Waals surface area contributed by atoms with Gasteiger partial charge in [0.25, 0.3) is 0 Å². The molecule has 3 heteroatoms. The van der Waals surface area contributed by atoms with Crippen LogP contribution in [0, 0.1) is 0 Å². The van der Waals surface area contributed by atoms with Crippen molar-refractivity contribution in [2.24, 2.45) is 0 Å². The predicted molar refractivity (Wildman–Crippen MR) is 198 cm³/mol. The molecule has 0 spiro atoms. The van der Waals surface area contributed by atoms with E-state index >= 15 is 0 Å². The average molecular weight is 614 g/mol. The first kappa shape index (κ1) is 29.0. The summed E-state index contributed by atoms with van der Waals surface area (Å²) >= 11 is 0. The summed E-state index contributed by atoms with van der Waals surface area (Å²) in [5.41, 5.74) is 16.1. The third-order valence-corrected chi connectivity index (χ3v) is 8.72. The van der Waals surface area contributed by atoms with Crippen LogP contribution in [-0.2, 0) is 0 Å². The molecule has 0 amide bonds. The zero-order chi connectivity index (χ0) is 32.1. The van der Waals surface area contributed by atoms with Crippen LogP contribution >= 0.6 is 0 Å². The molecule has 0 aliphatic heterocycles. The van der Waals surface area contributed by atoms with Crippen molar-refractivity contribution in [1.29, 1.82) is 0 Å². The van der Waals surface area contributed by atoms with Gasteiger partial charge in [-0.05, 0) is 169 Å². The van der Waals surface area contributed by atoms with E-state index < -0.39 is 0 Å². The van der Waals surface area contributed by atoms with Crippen molar-refractivity contribution in [2.75, 3.05) is 0 Å². The van der Waals surface area contributed by atoms with Crippen LogP contribution in [0.3, 0.4) is 0 Å². The second kappa shape index (κ2) is 13.1. The minimum atomic E-state index is 1.12. The van der Waals surface area contributed by atoms with Crippen molar-refractivity contribution in [3.63, 3.8) is 0 Å². The Morgan fingerprint density at radius 3 is 0.604 bits per heavy atom. The number of pyridine rings is 3. The molecule has 8 rings (SSSR count). The molecule has 3 heterocycles. The second-order valence-electron chi connectivity index (χ2n) is 11.8. The molecular formula is C45H31N3. The molecule has 226 valence electrons. The highest BCUT2D eigenvalue weighted by molar-refractivity contribution is 5.88. The maximum atomic E-state index is 4.27. The quantitative estimate of drug-likeness (QED) is 0.179. The van der Waals surface area contributed by atoms with Gasteiger partial charge in [0.1, 0.15) is 0 Å². The molecule has 0 unspecified atom stereocenters. The first-order chi connectivity index (χ1) is 23.8. The van der Waals surface area contributed by atoms with Crippen LogP contribution in [0.2, 0.25) is 0 Å². The normalized spacial score (nSPS) is 10.9. The lowest BCUT2D eigenvalue weighted by molar-refractivity contribution is 1.33. The molecule has 0 fully saturated rings. The summed E-state index contributed by atoms with van der Waals surface area (Å²) in [6.07, 6.45) is 11.1. The zero-order valence-electron chi connectivity index (χ0n) is 26.2. The summed E-state index contributed by atoms with van der Waals surface area (Å²) in [5, 5.41) is 0. The minimum Gasteiger partial charge on any atom is -0.265 e. The van der Waals surface area contributed by atoms with Crippen LogP contribution in [0.25, 0.3) is 77.9 Å². The van der Waals surface area contributed by atoms with E-state index in [0.29, 0.717) is 0 Å². The van der Waals surface area contributed by atoms with Crippen molar-refractivity contribution in [2.45, 2.75) is 0 Å². The third kappa shape index (κ3) is 6.18. The Morgan fingerprint density at radius 2 is 0.375 bits per heavy atom. The summed E-state index contributed by atoms with van der Waals surface area (Å²) < 4.78 is 0. The zero-order valence-corrected chi connectivity index (χ0v) is 26.2. The Labute approximate surface area is 280 Å². The van der Waals surface area contributed by atoms with Crippen molar-refractivity contribution >= 4 is 0 Å². The Hall–Kier alpha value is -6.45. The summed E-state index contributed by atoms with van der Waals surface area (Å²) in [6, 6.07) is 54.3. The molecule has 0 radical (unpaired) electrons. The number of rotatable bonds is 7. The first-order valence-electron chi connectivity index (χ1n) is 16.0. The van der Waals surface area contributed by atoms with E-state index in [1.165, 1.54) is 22.3 Å². The number of aromatic nitrogens is 3. The van der Waals surface area contributed by atoms with Gasteiger partial charge in [-0.2, -0.15) is 0 Å². The number of hydrogen-bond acceptors (Lipinski definition) is 3. The van der Waals surface area contributed by atoms with Gasteiger partial charge >= 0.3 is 0 Å². The topological polar surface area (TPSA) is 38.7 Å². The standard InChI is InChI=1S/C45H31N3/c1-3-7-32(8-4-1)37-23-39(34-11-17-46-18-12-34)28-42(25-37)44-26-38(33-9-5-2-6-10-33)27-45(31-44)43-29-40(35-13-19-47-20-14-35)24-41(30-43)36-15-21-48-22-16-36/h1-31H. The maximum Gasteiger partial charge on any atom is 0.0273 e. The van der Waals surface area contributed by atoms with E-state index in [0.717, 1.165) is 55.6 Å². The van der Waals surface area contributed by atoms with Crippen molar-refractivity contribution in [3.8, 4) is 77.9 Å². The number of nitrogens with zero attached hydrogens (tertiary/aromatic N) is 3. The lowest BCUT2D eigenvalue weighted by Gasteiger charge is -2.16. The third-order valence-electron chi connectivity index (χ3n) is 8.72. The van der Waals surface area contributed by atoms with Crippen LogP contribution in [-0.4, -0.2) is 15.0 Å². The van der Waals surface area contributed by atoms with Gasteiger partial charge in [0.05, 0.1) is 0 Å². The van der Waals surface area contributed by atoms with Gasteiger partial charge < -0.3 is 0 Å². The molecular weight excluding hydrogens is 583 g/mol. The number of hydrogen-bond donors (Lipinski definition) is 0. The van der Waals surface area contributed by atoms with Crippen molar-refractivity contribution in [1.82, 2.24) is 15.0 Å². The summed E-state index contributed by atoms with van der Waals surface area (Å²) in [7, 11) is 0. The maximum absolute atomic E-state index is 4.27. The molecule has 48 heavy (non-hydrogen) atoms. The molecule has 3 aromatic heterocycles. The predicted octanol–water partition coefficient (Wildman–Crippen LogP) is 11.5. The largest absolute Gasteiger partial charge is 0.265 e. The Morgan fingerprint density at radius 1 is 0.188 bits per heavy atom. The molecule has 0 N–H and O–H groups in total. The lowest BCUT2D eigenvalue weighted by Crippen LogP contribution is -1.90. The van der Waals surface area contributed by atoms with Crippen LogP contribution in [0.4, 0.5) is 0 Å². The monoisotopic (exact) mass is 613 g/mol. The van der Waals surface area contributed by atoms with Crippen LogP contribution in [0.1, 0.15) is 0 Å². The summed E-state index contributed by atoms with van der Waals surface area (Å²) in [6.45, 7) is 0. The fourth-order valence-electron chi connectivity index (χ4n) is 6.28. The molecule has 8 aromatic rings. The number of benzene rings is 5. The smallest absolute Gasteiger partial charge is 0.0273 e. The van der Waals surface area contributed by atoms with Crippen LogP contribution in [0.5, 0.6) is 0 Å². The highest BCUT2D eigenvalue weighted by atomic mass is 14.6. The fraction of sp³-hybridized carbons (Fsp3) is 0. The Bertz CT molecular complexity index is 2040. The first-order valence-corrected chi connectivity index (χ1v) is 16.0. The van der Waals surface area contributed by atoms with E-state index in [4.69, 9.17) is 0 Å².